The van der Waals surface area contributed by atoms with Crippen LogP contribution in [0.25, 0.3) is 0 Å². The third-order valence-electron chi connectivity index (χ3n) is 3.89. The molecule has 0 aliphatic rings. The van der Waals surface area contributed by atoms with Gasteiger partial charge in [-0.2, -0.15) is 0 Å². The standard InChI is InChI=1S/C9H11NO2.C6H14N2O2.C5H9NO4/c10-8(9(11)12)6-7-4-2-1-3-5-7;7-4-2-1-3-5(8)6(9)10;6-3(5(9)10)1-2-4(7)8/h1-5,8H,6,10H2,(H,11,12);5H,1-4,7-8H2,(H,9,10);3H,1-2,6H2,(H,7,8)(H,9,10)/t8-;5-;3-/m000/s1. The van der Waals surface area contributed by atoms with Gasteiger partial charge in [-0.15, -0.1) is 0 Å². The lowest BCUT2D eigenvalue weighted by Gasteiger charge is -2.04. The molecule has 1 rings (SSSR count). The highest BCUT2D eigenvalue weighted by molar-refractivity contribution is 5.75. The molecule has 0 aromatic heterocycles. The molecule has 1 aromatic rings. The fraction of sp³-hybridized carbons (Fsp3) is 0.500. The SMILES string of the molecule is NCCCC[C@H](N)C(=O)O.N[C@@H](CCC(=O)O)C(=O)O.N[C@@H](Cc1ccccc1)C(=O)O. The first kappa shape index (κ1) is 31.1. The molecule has 0 saturated carbocycles. The van der Waals surface area contributed by atoms with Crippen LogP contribution >= 0.6 is 0 Å². The first-order chi connectivity index (χ1) is 14.9. The number of carbonyl (C=O) groups is 4. The monoisotopic (exact) mass is 458 g/mol. The zero-order valence-corrected chi connectivity index (χ0v) is 17.8. The van der Waals surface area contributed by atoms with Crippen LogP contribution in [0.5, 0.6) is 0 Å². The molecule has 0 fully saturated rings. The molecule has 0 saturated heterocycles. The molecule has 12 N–H and O–H groups in total. The number of hydrogen-bond donors (Lipinski definition) is 8. The van der Waals surface area contributed by atoms with Crippen molar-refractivity contribution < 1.29 is 39.6 Å². The predicted molar refractivity (Wildman–Crippen MR) is 117 cm³/mol. The first-order valence-corrected chi connectivity index (χ1v) is 9.83. The maximum Gasteiger partial charge on any atom is 0.320 e. The Balaban J connectivity index is 0. The minimum Gasteiger partial charge on any atom is -0.481 e. The van der Waals surface area contributed by atoms with Gasteiger partial charge in [-0.25, -0.2) is 0 Å². The van der Waals surface area contributed by atoms with Crippen molar-refractivity contribution in [3.63, 3.8) is 0 Å². The summed E-state index contributed by atoms with van der Waals surface area (Å²) in [7, 11) is 0. The Bertz CT molecular complexity index is 687. The lowest BCUT2D eigenvalue weighted by atomic mass is 10.1. The van der Waals surface area contributed by atoms with E-state index in [1.54, 1.807) is 0 Å². The number of hydrogen-bond acceptors (Lipinski definition) is 8. The molecule has 0 aliphatic carbocycles. The second-order valence-corrected chi connectivity index (χ2v) is 6.74. The van der Waals surface area contributed by atoms with Gasteiger partial charge in [0.1, 0.15) is 18.1 Å². The topological polar surface area (TPSA) is 253 Å². The van der Waals surface area contributed by atoms with Gasteiger partial charge in [0.25, 0.3) is 0 Å². The quantitative estimate of drug-likeness (QED) is 0.183. The minimum atomic E-state index is -1.17. The van der Waals surface area contributed by atoms with Crippen LogP contribution < -0.4 is 22.9 Å². The summed E-state index contributed by atoms with van der Waals surface area (Å²) in [5.74, 6) is -4.09. The molecule has 0 amide bonds. The molecule has 0 bridgehead atoms. The van der Waals surface area contributed by atoms with E-state index in [2.05, 4.69) is 0 Å². The summed E-state index contributed by atoms with van der Waals surface area (Å²) in [6.07, 6.45) is 2.33. The Kier molecular flexibility index (Phi) is 18.2. The van der Waals surface area contributed by atoms with E-state index in [4.69, 9.17) is 43.4 Å². The molecule has 12 heteroatoms. The highest BCUT2D eigenvalue weighted by atomic mass is 16.4. The van der Waals surface area contributed by atoms with E-state index in [0.717, 1.165) is 18.4 Å². The van der Waals surface area contributed by atoms with Crippen LogP contribution in [-0.2, 0) is 25.6 Å². The van der Waals surface area contributed by atoms with Crippen LogP contribution in [-0.4, -0.2) is 69.0 Å². The largest absolute Gasteiger partial charge is 0.481 e. The number of nitrogens with two attached hydrogens (primary N) is 4. The fourth-order valence-electron chi connectivity index (χ4n) is 1.99. The molecule has 182 valence electrons. The highest BCUT2D eigenvalue weighted by Gasteiger charge is 2.12. The van der Waals surface area contributed by atoms with Crippen molar-refractivity contribution in [2.45, 2.75) is 56.7 Å². The van der Waals surface area contributed by atoms with Gasteiger partial charge in [0.05, 0.1) is 0 Å². The maximum atomic E-state index is 10.4. The van der Waals surface area contributed by atoms with E-state index in [-0.39, 0.29) is 12.8 Å². The summed E-state index contributed by atoms with van der Waals surface area (Å²) in [4.78, 5) is 40.4. The van der Waals surface area contributed by atoms with Crippen molar-refractivity contribution in [1.29, 1.82) is 0 Å². The van der Waals surface area contributed by atoms with E-state index in [1.165, 1.54) is 0 Å². The molecule has 3 atom stereocenters. The molecule has 0 unspecified atom stereocenters. The number of rotatable bonds is 12. The van der Waals surface area contributed by atoms with Crippen LogP contribution in [0.2, 0.25) is 0 Å². The summed E-state index contributed by atoms with van der Waals surface area (Å²) in [5.41, 5.74) is 21.7. The van der Waals surface area contributed by atoms with Crippen LogP contribution in [0.1, 0.15) is 37.7 Å². The summed E-state index contributed by atoms with van der Waals surface area (Å²) in [6.45, 7) is 0.604. The normalized spacial score (nSPS) is 12.6. The van der Waals surface area contributed by atoms with Crippen LogP contribution in [0.15, 0.2) is 30.3 Å². The fourth-order valence-corrected chi connectivity index (χ4v) is 1.99. The number of benzene rings is 1. The molecule has 1 aromatic carbocycles. The minimum absolute atomic E-state index is 0.0231. The maximum absolute atomic E-state index is 10.4. The van der Waals surface area contributed by atoms with Crippen molar-refractivity contribution in [2.24, 2.45) is 22.9 Å². The summed E-state index contributed by atoms with van der Waals surface area (Å²) in [5, 5.41) is 33.1. The molecular formula is C20H34N4O8. The van der Waals surface area contributed by atoms with E-state index >= 15 is 0 Å². The summed E-state index contributed by atoms with van der Waals surface area (Å²) >= 11 is 0. The summed E-state index contributed by atoms with van der Waals surface area (Å²) < 4.78 is 0. The molecule has 12 nitrogen and oxygen atoms in total. The van der Waals surface area contributed by atoms with Gasteiger partial charge >= 0.3 is 23.9 Å². The van der Waals surface area contributed by atoms with Crippen LogP contribution in [0.4, 0.5) is 0 Å². The zero-order chi connectivity index (χ0) is 25.1. The van der Waals surface area contributed by atoms with Crippen molar-refractivity contribution in [1.82, 2.24) is 0 Å². The number of carboxylic acids is 4. The number of aliphatic carboxylic acids is 4. The van der Waals surface area contributed by atoms with Gasteiger partial charge in [-0.3, -0.25) is 19.2 Å². The second-order valence-electron chi connectivity index (χ2n) is 6.74. The molecule has 0 aliphatic heterocycles. The van der Waals surface area contributed by atoms with E-state index < -0.39 is 42.0 Å². The summed E-state index contributed by atoms with van der Waals surface area (Å²) in [6, 6.07) is 6.77. The Hall–Kier alpha value is -3.06. The van der Waals surface area contributed by atoms with Gasteiger partial charge in [0.15, 0.2) is 0 Å². The first-order valence-electron chi connectivity index (χ1n) is 9.83. The van der Waals surface area contributed by atoms with Gasteiger partial charge in [0, 0.05) is 6.42 Å². The zero-order valence-electron chi connectivity index (χ0n) is 17.8. The van der Waals surface area contributed by atoms with Crippen molar-refractivity contribution >= 4 is 23.9 Å². The predicted octanol–water partition coefficient (Wildman–Crippen LogP) is -0.569. The molecule has 32 heavy (non-hydrogen) atoms. The molecule has 0 heterocycles. The third kappa shape index (κ3) is 18.9. The lowest BCUT2D eigenvalue weighted by molar-refractivity contribution is -0.141. The average Bonchev–Trinajstić information content (AvgIpc) is 2.73. The van der Waals surface area contributed by atoms with Crippen molar-refractivity contribution in [3.05, 3.63) is 35.9 Å². The number of unbranched alkanes of at least 4 members (excludes halogenated alkanes) is 1. The lowest BCUT2D eigenvalue weighted by Crippen LogP contribution is -2.32. The molecule has 0 radical (unpaired) electrons. The second kappa shape index (κ2) is 18.7. The smallest absolute Gasteiger partial charge is 0.320 e. The third-order valence-corrected chi connectivity index (χ3v) is 3.89. The molecular weight excluding hydrogens is 424 g/mol. The van der Waals surface area contributed by atoms with Crippen LogP contribution in [0, 0.1) is 0 Å². The van der Waals surface area contributed by atoms with Gasteiger partial charge in [-0.1, -0.05) is 36.8 Å². The van der Waals surface area contributed by atoms with E-state index in [9.17, 15) is 19.2 Å². The number of carboxylic acid groups (broad SMARTS) is 4. The van der Waals surface area contributed by atoms with E-state index in [1.807, 2.05) is 30.3 Å². The Morgan fingerprint density at radius 1 is 0.719 bits per heavy atom. The van der Waals surface area contributed by atoms with Crippen molar-refractivity contribution in [3.8, 4) is 0 Å². The molecule has 0 spiro atoms. The Morgan fingerprint density at radius 2 is 1.19 bits per heavy atom. The highest BCUT2D eigenvalue weighted by Crippen LogP contribution is 2.01. The average molecular weight is 459 g/mol. The van der Waals surface area contributed by atoms with Gasteiger partial charge < -0.3 is 43.4 Å². The Morgan fingerprint density at radius 3 is 1.59 bits per heavy atom. The van der Waals surface area contributed by atoms with Gasteiger partial charge in [-0.05, 0) is 37.8 Å². The van der Waals surface area contributed by atoms with Crippen molar-refractivity contribution in [2.75, 3.05) is 6.54 Å². The van der Waals surface area contributed by atoms with E-state index in [0.29, 0.717) is 19.4 Å². The Labute approximate surface area is 186 Å². The van der Waals surface area contributed by atoms with Crippen LogP contribution in [0.3, 0.4) is 0 Å². The van der Waals surface area contributed by atoms with Gasteiger partial charge in [0.2, 0.25) is 0 Å².